The van der Waals surface area contributed by atoms with Crippen molar-refractivity contribution >= 4 is 49.9 Å². The van der Waals surface area contributed by atoms with Gasteiger partial charge in [-0.2, -0.15) is 0 Å². The highest BCUT2D eigenvalue weighted by molar-refractivity contribution is 9.10. The molecule has 1 saturated heterocycles. The first-order chi connectivity index (χ1) is 16.3. The van der Waals surface area contributed by atoms with Crippen LogP contribution in [0.4, 0.5) is 11.5 Å². The van der Waals surface area contributed by atoms with Crippen LogP contribution in [0, 0.1) is 0 Å². The van der Waals surface area contributed by atoms with Gasteiger partial charge in [-0.05, 0) is 46.6 Å². The van der Waals surface area contributed by atoms with Gasteiger partial charge in [0, 0.05) is 41.2 Å². The molecule has 1 N–H and O–H groups in total. The van der Waals surface area contributed by atoms with Crippen molar-refractivity contribution in [1.29, 1.82) is 0 Å². The average Bonchev–Trinajstić information content (AvgIpc) is 2.79. The lowest BCUT2D eigenvalue weighted by atomic mass is 10.2. The predicted octanol–water partition coefficient (Wildman–Crippen LogP) is 4.90. The van der Waals surface area contributed by atoms with Gasteiger partial charge in [0.2, 0.25) is 0 Å². The first-order valence-electron chi connectivity index (χ1n) is 11.4. The van der Waals surface area contributed by atoms with Crippen molar-refractivity contribution in [1.82, 2.24) is 14.9 Å². The number of benzene rings is 2. The Morgan fingerprint density at radius 2 is 2.10 bits per heavy atom. The monoisotopic (exact) mass is 509 g/mol. The maximum absolute atomic E-state index is 7.52. The van der Waals surface area contributed by atoms with Crippen molar-refractivity contribution in [2.24, 2.45) is 0 Å². The number of morpholine rings is 1. The van der Waals surface area contributed by atoms with Crippen LogP contribution in [0.3, 0.4) is 0 Å². The highest BCUT2D eigenvalue weighted by Gasteiger charge is 2.13. The van der Waals surface area contributed by atoms with E-state index in [9.17, 15) is 0 Å². The summed E-state index contributed by atoms with van der Waals surface area (Å²) in [6, 6.07) is 8.72. The van der Waals surface area contributed by atoms with Gasteiger partial charge in [0.1, 0.15) is 12.1 Å². The van der Waals surface area contributed by atoms with Gasteiger partial charge in [-0.15, -0.1) is 0 Å². The van der Waals surface area contributed by atoms with E-state index in [0.29, 0.717) is 34.1 Å². The molecule has 0 saturated carbocycles. The van der Waals surface area contributed by atoms with Crippen LogP contribution in [0.5, 0.6) is 11.5 Å². The lowest BCUT2D eigenvalue weighted by molar-refractivity contribution is 0.0357. The van der Waals surface area contributed by atoms with E-state index in [0.717, 1.165) is 49.4 Å². The largest absolute Gasteiger partial charge is 0.493 e. The van der Waals surface area contributed by atoms with E-state index in [1.807, 2.05) is 12.1 Å². The van der Waals surface area contributed by atoms with E-state index < -0.39 is 7.04 Å². The summed E-state index contributed by atoms with van der Waals surface area (Å²) >= 11 is 9.59. The van der Waals surface area contributed by atoms with E-state index in [1.54, 1.807) is 18.2 Å². The smallest absolute Gasteiger partial charge is 0.162 e. The Morgan fingerprint density at radius 1 is 1.23 bits per heavy atom. The molecule has 4 rings (SSSR count). The van der Waals surface area contributed by atoms with Crippen molar-refractivity contribution in [2.45, 2.75) is 6.42 Å². The van der Waals surface area contributed by atoms with E-state index >= 15 is 0 Å². The molecule has 0 aliphatic carbocycles. The summed E-state index contributed by atoms with van der Waals surface area (Å²) in [5.41, 5.74) is 1.25. The van der Waals surface area contributed by atoms with E-state index in [-0.39, 0.29) is 5.75 Å². The maximum atomic E-state index is 7.52. The quantitative estimate of drug-likeness (QED) is 0.432. The van der Waals surface area contributed by atoms with Crippen LogP contribution in [0.1, 0.15) is 10.5 Å². The van der Waals surface area contributed by atoms with Crippen molar-refractivity contribution < 1.29 is 18.3 Å². The number of hydrogen-bond donors (Lipinski definition) is 1. The summed E-state index contributed by atoms with van der Waals surface area (Å²) in [6.07, 6.45) is 2.17. The number of halogens is 2. The van der Waals surface area contributed by atoms with Gasteiger partial charge in [-0.25, -0.2) is 9.97 Å². The zero-order valence-corrected chi connectivity index (χ0v) is 19.1. The Hall–Kier alpha value is -2.13. The number of methoxy groups -OCH3 is 1. The molecule has 2 aromatic carbocycles. The first kappa shape index (κ1) is 18.4. The fraction of sp³-hybridized carbons (Fsp3) is 0.364. The number of nitrogens with one attached hydrogen (secondary N) is 1. The summed E-state index contributed by atoms with van der Waals surface area (Å²) in [7, 11) is -2.62. The number of rotatable bonds is 8. The molecule has 0 radical (unpaired) electrons. The van der Waals surface area contributed by atoms with Crippen molar-refractivity contribution in [3.63, 3.8) is 0 Å². The maximum Gasteiger partial charge on any atom is 0.162 e. The van der Waals surface area contributed by atoms with Crippen LogP contribution in [-0.2, 0) is 4.74 Å². The lowest BCUT2D eigenvalue weighted by Gasteiger charge is -2.26. The molecule has 7 nitrogen and oxygen atoms in total. The zero-order chi connectivity index (χ0) is 24.1. The number of nitrogens with zero attached hydrogens (tertiary/aromatic N) is 3. The molecule has 1 fully saturated rings. The standard InChI is InChI=1S/C22H24BrClN4O3/c1-29-20-13-19-16(12-21(20)31-8-2-5-28-6-9-30-10-7-28)22(26-14-25-19)27-15-3-4-17(23)18(24)11-15/h3-4,11-14H,2,5-10H2,1H3,(H,25,26,27)/i1D3. The summed E-state index contributed by atoms with van der Waals surface area (Å²) in [5.74, 6) is 0.953. The van der Waals surface area contributed by atoms with Gasteiger partial charge in [-0.3, -0.25) is 4.90 Å². The van der Waals surface area contributed by atoms with Gasteiger partial charge in [0.15, 0.2) is 11.5 Å². The van der Waals surface area contributed by atoms with Gasteiger partial charge in [0.25, 0.3) is 0 Å². The minimum absolute atomic E-state index is 0.107. The molecular weight excluding hydrogens is 484 g/mol. The third-order valence-corrected chi connectivity index (χ3v) is 6.21. The normalized spacial score (nSPS) is 16.4. The van der Waals surface area contributed by atoms with Gasteiger partial charge in [-0.1, -0.05) is 11.6 Å². The molecule has 0 unspecified atom stereocenters. The van der Waals surface area contributed by atoms with Crippen molar-refractivity contribution in [2.75, 3.05) is 51.8 Å². The van der Waals surface area contributed by atoms with Crippen molar-refractivity contribution in [3.8, 4) is 11.5 Å². The van der Waals surface area contributed by atoms with Crippen LogP contribution in [-0.4, -0.2) is 61.4 Å². The topological polar surface area (TPSA) is 68.7 Å². The molecule has 31 heavy (non-hydrogen) atoms. The molecule has 0 atom stereocenters. The Labute approximate surface area is 199 Å². The fourth-order valence-electron chi connectivity index (χ4n) is 3.36. The number of anilines is 2. The Kier molecular flexibility index (Phi) is 6.22. The van der Waals surface area contributed by atoms with Crippen LogP contribution < -0.4 is 14.8 Å². The summed E-state index contributed by atoms with van der Waals surface area (Å²) in [4.78, 5) is 10.9. The van der Waals surface area contributed by atoms with Gasteiger partial charge < -0.3 is 19.5 Å². The van der Waals surface area contributed by atoms with Crippen molar-refractivity contribution in [3.05, 3.63) is 46.2 Å². The highest BCUT2D eigenvalue weighted by Crippen LogP contribution is 2.35. The second-order valence-electron chi connectivity index (χ2n) is 7.05. The molecule has 9 heteroatoms. The molecule has 1 aliphatic heterocycles. The highest BCUT2D eigenvalue weighted by atomic mass is 79.9. The van der Waals surface area contributed by atoms with E-state index in [4.69, 9.17) is 29.9 Å². The molecule has 164 valence electrons. The molecule has 3 aromatic rings. The van der Waals surface area contributed by atoms with E-state index in [1.165, 1.54) is 6.33 Å². The Balaban J connectivity index is 1.57. The molecule has 0 amide bonds. The Morgan fingerprint density at radius 3 is 2.90 bits per heavy atom. The molecule has 1 aromatic heterocycles. The molecule has 0 bridgehead atoms. The second kappa shape index (κ2) is 10.5. The first-order valence-corrected chi connectivity index (χ1v) is 11.1. The third kappa shape index (κ3) is 5.57. The van der Waals surface area contributed by atoms with Crippen LogP contribution in [0.15, 0.2) is 41.1 Å². The average molecular weight is 511 g/mol. The molecule has 2 heterocycles. The second-order valence-corrected chi connectivity index (χ2v) is 8.31. The summed E-state index contributed by atoms with van der Waals surface area (Å²) in [6.45, 7) is 4.54. The van der Waals surface area contributed by atoms with Gasteiger partial charge >= 0.3 is 0 Å². The third-order valence-electron chi connectivity index (χ3n) is 4.97. The van der Waals surface area contributed by atoms with Crippen LogP contribution >= 0.6 is 27.5 Å². The van der Waals surface area contributed by atoms with Crippen LogP contribution in [0.25, 0.3) is 10.9 Å². The number of aromatic nitrogens is 2. The fourth-order valence-corrected chi connectivity index (χ4v) is 3.79. The minimum atomic E-state index is -2.62. The van der Waals surface area contributed by atoms with Crippen LogP contribution in [0.2, 0.25) is 5.02 Å². The van der Waals surface area contributed by atoms with E-state index in [2.05, 4.69) is 36.1 Å². The summed E-state index contributed by atoms with van der Waals surface area (Å²) in [5, 5.41) is 4.45. The summed E-state index contributed by atoms with van der Waals surface area (Å²) < 4.78 is 39.9. The number of hydrogen-bond acceptors (Lipinski definition) is 7. The number of fused-ring (bicyclic) bond motifs is 1. The van der Waals surface area contributed by atoms with Gasteiger partial charge in [0.05, 0.1) is 41.5 Å². The molecule has 1 aliphatic rings. The minimum Gasteiger partial charge on any atom is -0.493 e. The number of ether oxygens (including phenoxy) is 3. The molecule has 0 spiro atoms. The predicted molar refractivity (Wildman–Crippen MR) is 126 cm³/mol. The zero-order valence-electron chi connectivity index (χ0n) is 19.7. The Bertz CT molecular complexity index is 1150. The molecular formula is C22H24BrClN4O3. The SMILES string of the molecule is [2H]C([2H])([2H])Oc1cc2ncnc(Nc3ccc(Br)c(Cl)c3)c2cc1OCCCN1CCOCC1. The lowest BCUT2D eigenvalue weighted by Crippen LogP contribution is -2.37.